The molecule has 0 atom stereocenters. The Labute approximate surface area is 165 Å². The van der Waals surface area contributed by atoms with Crippen molar-refractivity contribution in [2.45, 2.75) is 39.4 Å². The van der Waals surface area contributed by atoms with Crippen LogP contribution in [0.2, 0.25) is 0 Å². The molecule has 2 aromatic rings. The molecular weight excluding hydrogens is 364 g/mol. The molecule has 1 heterocycles. The number of alkyl halides is 1. The lowest BCUT2D eigenvalue weighted by atomic mass is 9.87. The van der Waals surface area contributed by atoms with Crippen LogP contribution in [0.3, 0.4) is 0 Å². The fraction of sp³-hybridized carbons (Fsp3) is 0.409. The van der Waals surface area contributed by atoms with E-state index in [2.05, 4.69) is 0 Å². The zero-order chi connectivity index (χ0) is 19.2. The number of benzene rings is 2. The number of rotatable bonds is 7. The molecule has 0 spiro atoms. The van der Waals surface area contributed by atoms with Gasteiger partial charge in [-0.15, -0.1) is 11.6 Å². The molecule has 0 saturated heterocycles. The summed E-state index contributed by atoms with van der Waals surface area (Å²) < 4.78 is 16.9. The molecule has 0 saturated carbocycles. The number of hydrogen-bond donors (Lipinski definition) is 0. The van der Waals surface area contributed by atoms with Gasteiger partial charge in [-0.1, -0.05) is 30.3 Å². The summed E-state index contributed by atoms with van der Waals surface area (Å²) in [6, 6.07) is 10.1. The van der Waals surface area contributed by atoms with Gasteiger partial charge in [0.2, 0.25) is 0 Å². The van der Waals surface area contributed by atoms with Gasteiger partial charge in [0.05, 0.1) is 26.9 Å². The van der Waals surface area contributed by atoms with Crippen LogP contribution in [0.4, 0.5) is 0 Å². The van der Waals surface area contributed by atoms with Gasteiger partial charge in [-0.25, -0.2) is 4.79 Å². The zero-order valence-corrected chi connectivity index (χ0v) is 16.6. The summed E-state index contributed by atoms with van der Waals surface area (Å²) in [5.41, 5.74) is 5.76. The molecule has 0 aromatic heterocycles. The van der Waals surface area contributed by atoms with Crippen LogP contribution >= 0.6 is 11.6 Å². The van der Waals surface area contributed by atoms with Crippen molar-refractivity contribution >= 4 is 17.6 Å². The second-order valence-corrected chi connectivity index (χ2v) is 7.00. The van der Waals surface area contributed by atoms with Gasteiger partial charge in [0.25, 0.3) is 0 Å². The number of hydrogen-bond acceptors (Lipinski definition) is 4. The second-order valence-electron chi connectivity index (χ2n) is 6.63. The lowest BCUT2D eigenvalue weighted by Gasteiger charge is -2.27. The molecule has 2 aromatic carbocycles. The second kappa shape index (κ2) is 9.25. The van der Waals surface area contributed by atoms with Crippen molar-refractivity contribution in [3.63, 3.8) is 0 Å². The highest BCUT2D eigenvalue weighted by atomic mass is 35.5. The summed E-state index contributed by atoms with van der Waals surface area (Å²) in [5, 5.41) is 0. The predicted molar refractivity (Wildman–Crippen MR) is 106 cm³/mol. The fourth-order valence-corrected chi connectivity index (χ4v) is 3.85. The smallest absolute Gasteiger partial charge is 0.341 e. The molecule has 0 radical (unpaired) electrons. The Morgan fingerprint density at radius 1 is 1.19 bits per heavy atom. The number of carbonyl (C=O) groups excluding carboxylic acids is 1. The van der Waals surface area contributed by atoms with E-state index < -0.39 is 0 Å². The van der Waals surface area contributed by atoms with Crippen molar-refractivity contribution < 1.29 is 19.0 Å². The minimum atomic E-state index is -0.363. The van der Waals surface area contributed by atoms with E-state index >= 15 is 0 Å². The number of methoxy groups -OCH3 is 1. The van der Waals surface area contributed by atoms with E-state index in [-0.39, 0.29) is 5.97 Å². The monoisotopic (exact) mass is 388 g/mol. The lowest BCUT2D eigenvalue weighted by molar-refractivity contribution is 0.0593. The van der Waals surface area contributed by atoms with Gasteiger partial charge in [-0.2, -0.15) is 0 Å². The third-order valence-electron chi connectivity index (χ3n) is 4.97. The van der Waals surface area contributed by atoms with Crippen LogP contribution < -0.4 is 4.74 Å². The number of fused-ring (bicyclic) bond motifs is 1. The molecule has 0 N–H and O–H groups in total. The van der Waals surface area contributed by atoms with Crippen LogP contribution in [0.15, 0.2) is 30.3 Å². The van der Waals surface area contributed by atoms with Crippen LogP contribution in [0.25, 0.3) is 0 Å². The first-order valence-corrected chi connectivity index (χ1v) is 9.76. The summed E-state index contributed by atoms with van der Waals surface area (Å²) in [5.74, 6) is 0.771. The van der Waals surface area contributed by atoms with E-state index in [4.69, 9.17) is 25.8 Å². The van der Waals surface area contributed by atoms with E-state index in [1.165, 1.54) is 7.11 Å². The molecule has 5 heteroatoms. The standard InChI is InChI=1S/C22H25ClO4/c1-15-17(10-11-23)19(14-26-13-16-7-4-3-5-8-16)18-9-6-12-27-21(18)20(15)22(24)25-2/h3-5,7-8H,6,9-14H2,1-2H3. The van der Waals surface area contributed by atoms with Crippen LogP contribution in [-0.4, -0.2) is 25.6 Å². The van der Waals surface area contributed by atoms with Gasteiger partial charge < -0.3 is 14.2 Å². The van der Waals surface area contributed by atoms with Gasteiger partial charge in [-0.3, -0.25) is 0 Å². The number of esters is 1. The maximum Gasteiger partial charge on any atom is 0.341 e. The van der Waals surface area contributed by atoms with E-state index in [9.17, 15) is 4.79 Å². The Kier molecular flexibility index (Phi) is 6.75. The van der Waals surface area contributed by atoms with E-state index in [0.717, 1.165) is 40.7 Å². The first-order chi connectivity index (χ1) is 13.2. The zero-order valence-electron chi connectivity index (χ0n) is 15.8. The first kappa shape index (κ1) is 19.7. The Balaban J connectivity index is 1.98. The summed E-state index contributed by atoms with van der Waals surface area (Å²) in [7, 11) is 1.40. The molecule has 0 unspecified atom stereocenters. The largest absolute Gasteiger partial charge is 0.492 e. The van der Waals surface area contributed by atoms with Gasteiger partial charge >= 0.3 is 5.97 Å². The van der Waals surface area contributed by atoms with Crippen molar-refractivity contribution in [1.82, 2.24) is 0 Å². The molecular formula is C22H25ClO4. The fourth-order valence-electron chi connectivity index (χ4n) is 3.66. The minimum Gasteiger partial charge on any atom is -0.492 e. The minimum absolute atomic E-state index is 0.363. The molecule has 144 valence electrons. The van der Waals surface area contributed by atoms with Crippen LogP contribution in [0, 0.1) is 6.92 Å². The SMILES string of the molecule is COC(=O)c1c(C)c(CCCl)c(COCc2ccccc2)c2c1OCCC2. The Morgan fingerprint density at radius 2 is 1.96 bits per heavy atom. The highest BCUT2D eigenvalue weighted by Gasteiger charge is 2.28. The highest BCUT2D eigenvalue weighted by Crippen LogP contribution is 2.38. The van der Waals surface area contributed by atoms with E-state index in [0.29, 0.717) is 43.4 Å². The Bertz CT molecular complexity index is 802. The molecule has 1 aliphatic rings. The summed E-state index contributed by atoms with van der Waals surface area (Å²) in [6.45, 7) is 3.55. The first-order valence-electron chi connectivity index (χ1n) is 9.23. The lowest BCUT2D eigenvalue weighted by Crippen LogP contribution is -2.20. The number of ether oxygens (including phenoxy) is 3. The van der Waals surface area contributed by atoms with Gasteiger partial charge in [-0.05, 0) is 48.4 Å². The third kappa shape index (κ3) is 4.28. The van der Waals surface area contributed by atoms with Crippen molar-refractivity contribution in [2.75, 3.05) is 19.6 Å². The molecule has 0 aliphatic carbocycles. The Morgan fingerprint density at radius 3 is 2.67 bits per heavy atom. The Hall–Kier alpha value is -2.04. The predicted octanol–water partition coefficient (Wildman–Crippen LogP) is 4.60. The molecule has 0 bridgehead atoms. The normalized spacial score (nSPS) is 13.0. The van der Waals surface area contributed by atoms with E-state index in [1.54, 1.807) is 0 Å². The van der Waals surface area contributed by atoms with E-state index in [1.807, 2.05) is 37.3 Å². The number of halogens is 1. The van der Waals surface area contributed by atoms with Crippen LogP contribution in [-0.2, 0) is 35.5 Å². The maximum absolute atomic E-state index is 12.4. The van der Waals surface area contributed by atoms with Gasteiger partial charge in [0.1, 0.15) is 11.3 Å². The van der Waals surface area contributed by atoms with Crippen LogP contribution in [0.5, 0.6) is 5.75 Å². The van der Waals surface area contributed by atoms with Crippen molar-refractivity contribution in [1.29, 1.82) is 0 Å². The molecule has 3 rings (SSSR count). The average Bonchev–Trinajstić information content (AvgIpc) is 2.70. The molecule has 0 amide bonds. The van der Waals surface area contributed by atoms with Crippen LogP contribution in [0.1, 0.15) is 44.6 Å². The third-order valence-corrected chi connectivity index (χ3v) is 5.16. The van der Waals surface area contributed by atoms with Crippen molar-refractivity contribution in [3.8, 4) is 5.75 Å². The van der Waals surface area contributed by atoms with Gasteiger partial charge in [0, 0.05) is 11.4 Å². The summed E-state index contributed by atoms with van der Waals surface area (Å²) in [4.78, 5) is 12.4. The summed E-state index contributed by atoms with van der Waals surface area (Å²) in [6.07, 6.45) is 2.45. The average molecular weight is 389 g/mol. The molecule has 0 fully saturated rings. The molecule has 1 aliphatic heterocycles. The number of carbonyl (C=O) groups is 1. The summed E-state index contributed by atoms with van der Waals surface area (Å²) >= 11 is 6.07. The van der Waals surface area contributed by atoms with Gasteiger partial charge in [0.15, 0.2) is 0 Å². The van der Waals surface area contributed by atoms with Crippen molar-refractivity contribution in [3.05, 3.63) is 63.7 Å². The highest BCUT2D eigenvalue weighted by molar-refractivity contribution is 6.18. The van der Waals surface area contributed by atoms with Crippen molar-refractivity contribution in [2.24, 2.45) is 0 Å². The molecule has 27 heavy (non-hydrogen) atoms. The maximum atomic E-state index is 12.4. The quantitative estimate of drug-likeness (QED) is 0.513. The molecule has 4 nitrogen and oxygen atoms in total. The topological polar surface area (TPSA) is 44.8 Å².